The van der Waals surface area contributed by atoms with Gasteiger partial charge >= 0.3 is 0 Å². The highest BCUT2D eigenvalue weighted by atomic mass is 16.6. The van der Waals surface area contributed by atoms with Crippen molar-refractivity contribution in [1.29, 1.82) is 0 Å². The predicted octanol–water partition coefficient (Wildman–Crippen LogP) is 1.20. The maximum Gasteiger partial charge on any atom is 0.242 e. The molecule has 0 saturated heterocycles. The number of fused-ring (bicyclic) bond motifs is 3. The van der Waals surface area contributed by atoms with Crippen LogP contribution in [0.2, 0.25) is 0 Å². The Morgan fingerprint density at radius 1 is 1.30 bits per heavy atom. The fourth-order valence-electron chi connectivity index (χ4n) is 3.45. The second-order valence-corrected chi connectivity index (χ2v) is 5.52. The number of nitro groups is 1. The Morgan fingerprint density at radius 2 is 2.00 bits per heavy atom. The van der Waals surface area contributed by atoms with Crippen molar-refractivity contribution in [2.24, 2.45) is 11.8 Å². The third-order valence-corrected chi connectivity index (χ3v) is 4.27. The molecule has 0 unspecified atom stereocenters. The van der Waals surface area contributed by atoms with Gasteiger partial charge in [-0.3, -0.25) is 19.7 Å². The van der Waals surface area contributed by atoms with Crippen LogP contribution in [0.3, 0.4) is 0 Å². The number of allylic oxidation sites excluding steroid dienone is 3. The van der Waals surface area contributed by atoms with Crippen LogP contribution in [0.1, 0.15) is 13.8 Å². The molecular weight excluding hydrogens is 262 g/mol. The fourth-order valence-corrected chi connectivity index (χ4v) is 3.45. The van der Waals surface area contributed by atoms with Crippen molar-refractivity contribution in [3.8, 4) is 0 Å². The minimum Gasteiger partial charge on any atom is -0.490 e. The highest BCUT2D eigenvalue weighted by Gasteiger charge is 2.60. The summed E-state index contributed by atoms with van der Waals surface area (Å²) in [6.07, 6.45) is 5.40. The molecule has 0 spiro atoms. The average Bonchev–Trinajstić information content (AvgIpc) is 2.66. The summed E-state index contributed by atoms with van der Waals surface area (Å²) in [5.41, 5.74) is -0.885. The van der Waals surface area contributed by atoms with E-state index < -0.39 is 28.4 Å². The van der Waals surface area contributed by atoms with Gasteiger partial charge in [0.05, 0.1) is 17.6 Å². The molecule has 0 radical (unpaired) electrons. The van der Waals surface area contributed by atoms with E-state index in [0.29, 0.717) is 5.76 Å². The van der Waals surface area contributed by atoms with Crippen LogP contribution in [0.4, 0.5) is 0 Å². The van der Waals surface area contributed by atoms with E-state index in [4.69, 9.17) is 4.74 Å². The van der Waals surface area contributed by atoms with Gasteiger partial charge in [0.15, 0.2) is 11.6 Å². The number of nitrogens with zero attached hydrogens (tertiary/aromatic N) is 1. The SMILES string of the molecule is CC1=C[C@H]2[C@@H]([N+](=O)[O-])C=C3C(=O)C=CC(=O)[C@H]3[C@@]2(C)O1. The molecule has 3 aliphatic rings. The van der Waals surface area contributed by atoms with Crippen LogP contribution in [0.25, 0.3) is 0 Å². The monoisotopic (exact) mass is 275 g/mol. The van der Waals surface area contributed by atoms with E-state index in [9.17, 15) is 19.7 Å². The molecule has 0 saturated carbocycles. The summed E-state index contributed by atoms with van der Waals surface area (Å²) in [6.45, 7) is 3.37. The van der Waals surface area contributed by atoms with Gasteiger partial charge in [-0.1, -0.05) is 0 Å². The largest absolute Gasteiger partial charge is 0.490 e. The quantitative estimate of drug-likeness (QED) is 0.530. The number of hydrogen-bond acceptors (Lipinski definition) is 5. The number of carbonyl (C=O) groups is 2. The predicted molar refractivity (Wildman–Crippen MR) is 68.2 cm³/mol. The van der Waals surface area contributed by atoms with E-state index in [1.54, 1.807) is 19.9 Å². The highest BCUT2D eigenvalue weighted by molar-refractivity contribution is 6.17. The lowest BCUT2D eigenvalue weighted by atomic mass is 9.64. The van der Waals surface area contributed by atoms with Gasteiger partial charge < -0.3 is 4.74 Å². The van der Waals surface area contributed by atoms with E-state index in [-0.39, 0.29) is 17.1 Å². The first-order chi connectivity index (χ1) is 9.34. The van der Waals surface area contributed by atoms with Crippen molar-refractivity contribution in [3.05, 3.63) is 45.8 Å². The Labute approximate surface area is 114 Å². The number of carbonyl (C=O) groups excluding carboxylic acids is 2. The van der Waals surface area contributed by atoms with Gasteiger partial charge in [-0.15, -0.1) is 0 Å². The molecule has 0 fully saturated rings. The van der Waals surface area contributed by atoms with Crippen molar-refractivity contribution >= 4 is 11.6 Å². The summed E-state index contributed by atoms with van der Waals surface area (Å²) in [5.74, 6) is -1.36. The second kappa shape index (κ2) is 3.88. The van der Waals surface area contributed by atoms with Gasteiger partial charge in [-0.25, -0.2) is 0 Å². The normalized spacial score (nSPS) is 38.6. The number of rotatable bonds is 1. The maximum absolute atomic E-state index is 12.2. The lowest BCUT2D eigenvalue weighted by Gasteiger charge is -2.42. The van der Waals surface area contributed by atoms with Gasteiger partial charge in [-0.05, 0) is 38.2 Å². The van der Waals surface area contributed by atoms with Crippen LogP contribution in [-0.2, 0) is 14.3 Å². The third kappa shape index (κ3) is 1.51. The zero-order valence-electron chi connectivity index (χ0n) is 11.0. The molecule has 0 aromatic heterocycles. The molecule has 1 heterocycles. The summed E-state index contributed by atoms with van der Waals surface area (Å²) in [7, 11) is 0. The average molecular weight is 275 g/mol. The standard InChI is InChI=1S/C14H13NO5/c1-7-5-9-10(15(18)19)6-8-11(16)3-4-12(17)13(8)14(9,2)20-7/h3-6,9-10,13H,1-2H3/t9-,10-,13-,14-/m0/s1. The van der Waals surface area contributed by atoms with Crippen LogP contribution >= 0.6 is 0 Å². The van der Waals surface area contributed by atoms with Crippen molar-refractivity contribution in [3.63, 3.8) is 0 Å². The van der Waals surface area contributed by atoms with E-state index >= 15 is 0 Å². The minimum atomic E-state index is -1.07. The summed E-state index contributed by atoms with van der Waals surface area (Å²) >= 11 is 0. The molecular formula is C14H13NO5. The van der Waals surface area contributed by atoms with E-state index in [1.807, 2.05) is 0 Å². The second-order valence-electron chi connectivity index (χ2n) is 5.52. The summed E-state index contributed by atoms with van der Waals surface area (Å²) in [6, 6.07) is -1.05. The summed E-state index contributed by atoms with van der Waals surface area (Å²) < 4.78 is 5.73. The molecule has 0 bridgehead atoms. The number of ketones is 2. The van der Waals surface area contributed by atoms with Crippen LogP contribution in [0.15, 0.2) is 35.6 Å². The molecule has 104 valence electrons. The topological polar surface area (TPSA) is 86.5 Å². The molecule has 2 aliphatic carbocycles. The molecule has 0 aromatic rings. The van der Waals surface area contributed by atoms with E-state index in [1.165, 1.54) is 18.2 Å². The summed E-state index contributed by atoms with van der Waals surface area (Å²) in [5, 5.41) is 11.3. The smallest absolute Gasteiger partial charge is 0.242 e. The van der Waals surface area contributed by atoms with Gasteiger partial charge in [0.1, 0.15) is 5.60 Å². The minimum absolute atomic E-state index is 0.182. The molecule has 4 atom stereocenters. The van der Waals surface area contributed by atoms with E-state index in [0.717, 1.165) is 0 Å². The number of hydrogen-bond donors (Lipinski definition) is 0. The van der Waals surface area contributed by atoms with Crippen LogP contribution in [0, 0.1) is 22.0 Å². The molecule has 6 nitrogen and oxygen atoms in total. The van der Waals surface area contributed by atoms with Crippen molar-refractivity contribution < 1.29 is 19.2 Å². The Kier molecular flexibility index (Phi) is 2.48. The third-order valence-electron chi connectivity index (χ3n) is 4.27. The summed E-state index contributed by atoms with van der Waals surface area (Å²) in [4.78, 5) is 34.9. The van der Waals surface area contributed by atoms with E-state index in [2.05, 4.69) is 0 Å². The molecule has 1 aliphatic heterocycles. The van der Waals surface area contributed by atoms with Gasteiger partial charge in [0, 0.05) is 10.5 Å². The highest BCUT2D eigenvalue weighted by Crippen LogP contribution is 2.49. The van der Waals surface area contributed by atoms with Crippen molar-refractivity contribution in [1.82, 2.24) is 0 Å². The maximum atomic E-state index is 12.2. The van der Waals surface area contributed by atoms with Crippen molar-refractivity contribution in [2.45, 2.75) is 25.5 Å². The lowest BCUT2D eigenvalue weighted by Crippen LogP contribution is -2.55. The first-order valence-electron chi connectivity index (χ1n) is 6.33. The molecule has 3 rings (SSSR count). The Hall–Kier alpha value is -2.24. The van der Waals surface area contributed by atoms with Gasteiger partial charge in [-0.2, -0.15) is 0 Å². The lowest BCUT2D eigenvalue weighted by molar-refractivity contribution is -0.521. The zero-order chi connectivity index (χ0) is 14.7. The van der Waals surface area contributed by atoms with Crippen LogP contribution < -0.4 is 0 Å². The van der Waals surface area contributed by atoms with Crippen molar-refractivity contribution in [2.75, 3.05) is 0 Å². The molecule has 20 heavy (non-hydrogen) atoms. The Balaban J connectivity index is 2.20. The molecule has 0 N–H and O–H groups in total. The van der Waals surface area contributed by atoms with Gasteiger partial charge in [0.2, 0.25) is 6.04 Å². The molecule has 6 heteroatoms. The van der Waals surface area contributed by atoms with Crippen LogP contribution in [-0.4, -0.2) is 28.1 Å². The molecule has 0 amide bonds. The number of ether oxygens (including phenoxy) is 1. The first kappa shape index (κ1) is 12.8. The zero-order valence-corrected chi connectivity index (χ0v) is 11.0. The Morgan fingerprint density at radius 3 is 2.65 bits per heavy atom. The Bertz CT molecular complexity index is 629. The van der Waals surface area contributed by atoms with Crippen LogP contribution in [0.5, 0.6) is 0 Å². The fraction of sp³-hybridized carbons (Fsp3) is 0.429. The van der Waals surface area contributed by atoms with Gasteiger partial charge in [0.25, 0.3) is 0 Å². The first-order valence-corrected chi connectivity index (χ1v) is 6.33. The molecule has 0 aromatic carbocycles.